The molecule has 0 aromatic heterocycles. The first-order valence-corrected chi connectivity index (χ1v) is 7.42. The van der Waals surface area contributed by atoms with Gasteiger partial charge in [-0.3, -0.25) is 0 Å². The SMILES string of the molecule is CNC(CCC1CCCO1)C1CCCC1(C)C. The summed E-state index contributed by atoms with van der Waals surface area (Å²) in [5, 5.41) is 3.57. The van der Waals surface area contributed by atoms with Gasteiger partial charge < -0.3 is 10.1 Å². The number of hydrogen-bond acceptors (Lipinski definition) is 2. The van der Waals surface area contributed by atoms with Crippen LogP contribution in [0.4, 0.5) is 0 Å². The summed E-state index contributed by atoms with van der Waals surface area (Å²) in [6.45, 7) is 5.88. The highest BCUT2D eigenvalue weighted by molar-refractivity contribution is 4.92. The van der Waals surface area contributed by atoms with Crippen LogP contribution in [0.3, 0.4) is 0 Å². The van der Waals surface area contributed by atoms with Crippen LogP contribution >= 0.6 is 0 Å². The Bertz CT molecular complexity index is 233. The van der Waals surface area contributed by atoms with Crippen molar-refractivity contribution in [3.05, 3.63) is 0 Å². The van der Waals surface area contributed by atoms with E-state index >= 15 is 0 Å². The molecular formula is C15H29NO. The average molecular weight is 239 g/mol. The lowest BCUT2D eigenvalue weighted by Crippen LogP contribution is -2.39. The number of nitrogens with one attached hydrogen (secondary N) is 1. The molecule has 2 fully saturated rings. The Morgan fingerprint density at radius 2 is 2.12 bits per heavy atom. The van der Waals surface area contributed by atoms with Gasteiger partial charge in [0.25, 0.3) is 0 Å². The average Bonchev–Trinajstić information content (AvgIpc) is 2.90. The van der Waals surface area contributed by atoms with E-state index in [1.165, 1.54) is 44.9 Å². The number of hydrogen-bond donors (Lipinski definition) is 1. The van der Waals surface area contributed by atoms with Crippen molar-refractivity contribution in [3.63, 3.8) is 0 Å². The van der Waals surface area contributed by atoms with E-state index in [2.05, 4.69) is 26.2 Å². The molecule has 0 aromatic rings. The van der Waals surface area contributed by atoms with E-state index in [9.17, 15) is 0 Å². The van der Waals surface area contributed by atoms with Crippen molar-refractivity contribution in [2.75, 3.05) is 13.7 Å². The molecule has 2 heteroatoms. The molecule has 0 radical (unpaired) electrons. The fourth-order valence-corrected chi connectivity index (χ4v) is 3.88. The van der Waals surface area contributed by atoms with Gasteiger partial charge in [-0.05, 0) is 56.9 Å². The Morgan fingerprint density at radius 3 is 2.65 bits per heavy atom. The van der Waals surface area contributed by atoms with Crippen molar-refractivity contribution >= 4 is 0 Å². The first-order valence-electron chi connectivity index (χ1n) is 7.42. The normalized spacial score (nSPS) is 34.1. The van der Waals surface area contributed by atoms with E-state index in [0.717, 1.165) is 12.5 Å². The van der Waals surface area contributed by atoms with Gasteiger partial charge in [-0.1, -0.05) is 20.3 Å². The van der Waals surface area contributed by atoms with Gasteiger partial charge in [-0.25, -0.2) is 0 Å². The first kappa shape index (κ1) is 13.4. The van der Waals surface area contributed by atoms with Gasteiger partial charge in [0.05, 0.1) is 6.10 Å². The van der Waals surface area contributed by atoms with Crippen LogP contribution in [0, 0.1) is 11.3 Å². The lowest BCUT2D eigenvalue weighted by atomic mass is 9.76. The van der Waals surface area contributed by atoms with Crippen LogP contribution < -0.4 is 5.32 Å². The molecule has 1 saturated heterocycles. The van der Waals surface area contributed by atoms with Crippen LogP contribution in [0.25, 0.3) is 0 Å². The molecule has 3 unspecified atom stereocenters. The summed E-state index contributed by atoms with van der Waals surface area (Å²) in [4.78, 5) is 0. The summed E-state index contributed by atoms with van der Waals surface area (Å²) in [6, 6.07) is 0.691. The smallest absolute Gasteiger partial charge is 0.0576 e. The van der Waals surface area contributed by atoms with Crippen molar-refractivity contribution in [1.29, 1.82) is 0 Å². The van der Waals surface area contributed by atoms with Gasteiger partial charge in [0.15, 0.2) is 0 Å². The summed E-state index contributed by atoms with van der Waals surface area (Å²) < 4.78 is 5.73. The quantitative estimate of drug-likeness (QED) is 0.794. The molecular weight excluding hydrogens is 210 g/mol. The Labute approximate surface area is 107 Å². The first-order chi connectivity index (χ1) is 8.13. The van der Waals surface area contributed by atoms with E-state index in [-0.39, 0.29) is 0 Å². The second-order valence-electron chi connectivity index (χ2n) is 6.59. The van der Waals surface area contributed by atoms with E-state index < -0.39 is 0 Å². The van der Waals surface area contributed by atoms with Gasteiger partial charge >= 0.3 is 0 Å². The molecule has 0 bridgehead atoms. The van der Waals surface area contributed by atoms with Gasteiger partial charge in [0.2, 0.25) is 0 Å². The van der Waals surface area contributed by atoms with Crippen molar-refractivity contribution in [2.45, 2.75) is 70.9 Å². The Morgan fingerprint density at radius 1 is 1.29 bits per heavy atom. The fraction of sp³-hybridized carbons (Fsp3) is 1.00. The summed E-state index contributed by atoms with van der Waals surface area (Å²) in [6.07, 6.45) is 9.85. The minimum Gasteiger partial charge on any atom is -0.378 e. The third-order valence-corrected chi connectivity index (χ3v) is 5.02. The van der Waals surface area contributed by atoms with Crippen molar-refractivity contribution in [2.24, 2.45) is 11.3 Å². The third-order valence-electron chi connectivity index (χ3n) is 5.02. The zero-order valence-corrected chi connectivity index (χ0v) is 11.8. The van der Waals surface area contributed by atoms with Gasteiger partial charge in [0, 0.05) is 12.6 Å². The molecule has 2 nitrogen and oxygen atoms in total. The summed E-state index contributed by atoms with van der Waals surface area (Å²) >= 11 is 0. The van der Waals surface area contributed by atoms with Gasteiger partial charge in [-0.15, -0.1) is 0 Å². The Kier molecular flexibility index (Phi) is 4.48. The minimum absolute atomic E-state index is 0.532. The minimum atomic E-state index is 0.532. The molecule has 1 aliphatic carbocycles. The summed E-state index contributed by atoms with van der Waals surface area (Å²) in [5.41, 5.74) is 0.532. The van der Waals surface area contributed by atoms with Crippen LogP contribution in [-0.2, 0) is 4.74 Å². The summed E-state index contributed by atoms with van der Waals surface area (Å²) in [7, 11) is 2.13. The predicted octanol–water partition coefficient (Wildman–Crippen LogP) is 3.36. The Hall–Kier alpha value is -0.0800. The largest absolute Gasteiger partial charge is 0.378 e. The second kappa shape index (κ2) is 5.71. The molecule has 100 valence electrons. The molecule has 0 aromatic carbocycles. The van der Waals surface area contributed by atoms with Crippen molar-refractivity contribution in [1.82, 2.24) is 5.32 Å². The van der Waals surface area contributed by atoms with E-state index in [1.807, 2.05) is 0 Å². The Balaban J connectivity index is 1.83. The van der Waals surface area contributed by atoms with E-state index in [1.54, 1.807) is 0 Å². The maximum Gasteiger partial charge on any atom is 0.0576 e. The standard InChI is InChI=1S/C15H29NO/c1-15(2)10-4-7-13(15)14(16-3)9-8-12-6-5-11-17-12/h12-14,16H,4-11H2,1-3H3. The molecule has 2 aliphatic rings. The number of rotatable bonds is 5. The zero-order chi connectivity index (χ0) is 12.3. The predicted molar refractivity (Wildman–Crippen MR) is 72.2 cm³/mol. The van der Waals surface area contributed by atoms with E-state index in [4.69, 9.17) is 4.74 Å². The highest BCUT2D eigenvalue weighted by Crippen LogP contribution is 2.45. The molecule has 17 heavy (non-hydrogen) atoms. The van der Waals surface area contributed by atoms with Gasteiger partial charge in [0.1, 0.15) is 0 Å². The molecule has 1 aliphatic heterocycles. The molecule has 1 heterocycles. The maximum absolute atomic E-state index is 5.73. The molecule has 1 N–H and O–H groups in total. The molecule has 2 rings (SSSR count). The maximum atomic E-state index is 5.73. The topological polar surface area (TPSA) is 21.3 Å². The molecule has 1 saturated carbocycles. The van der Waals surface area contributed by atoms with E-state index in [0.29, 0.717) is 17.6 Å². The zero-order valence-electron chi connectivity index (χ0n) is 11.8. The third kappa shape index (κ3) is 3.23. The molecule has 0 spiro atoms. The monoisotopic (exact) mass is 239 g/mol. The van der Waals surface area contributed by atoms with Gasteiger partial charge in [-0.2, -0.15) is 0 Å². The highest BCUT2D eigenvalue weighted by Gasteiger charge is 2.38. The van der Waals surface area contributed by atoms with Crippen LogP contribution in [0.2, 0.25) is 0 Å². The fourth-order valence-electron chi connectivity index (χ4n) is 3.88. The van der Waals surface area contributed by atoms with Crippen molar-refractivity contribution in [3.8, 4) is 0 Å². The summed E-state index contributed by atoms with van der Waals surface area (Å²) in [5.74, 6) is 0.855. The van der Waals surface area contributed by atoms with Crippen LogP contribution in [0.1, 0.15) is 58.8 Å². The lowest BCUT2D eigenvalue weighted by Gasteiger charge is -2.34. The van der Waals surface area contributed by atoms with Crippen LogP contribution in [0.5, 0.6) is 0 Å². The molecule has 3 atom stereocenters. The van der Waals surface area contributed by atoms with Crippen LogP contribution in [-0.4, -0.2) is 25.8 Å². The molecule has 0 amide bonds. The van der Waals surface area contributed by atoms with Crippen molar-refractivity contribution < 1.29 is 4.74 Å². The van der Waals surface area contributed by atoms with Crippen LogP contribution in [0.15, 0.2) is 0 Å². The highest BCUT2D eigenvalue weighted by atomic mass is 16.5. The lowest BCUT2D eigenvalue weighted by molar-refractivity contribution is 0.0927. The second-order valence-corrected chi connectivity index (χ2v) is 6.59. The number of ether oxygens (including phenoxy) is 1.